The predicted octanol–water partition coefficient (Wildman–Crippen LogP) is 6.46. The molecular formula is C46H51F2N9O5. The summed E-state index contributed by atoms with van der Waals surface area (Å²) < 4.78 is 40.3. The van der Waals surface area contributed by atoms with E-state index < -0.39 is 18.0 Å². The highest BCUT2D eigenvalue weighted by Crippen LogP contribution is 2.42. The van der Waals surface area contributed by atoms with Gasteiger partial charge in [-0.15, -0.1) is 10.2 Å². The molecule has 6 heterocycles. The van der Waals surface area contributed by atoms with Crippen LogP contribution in [-0.4, -0.2) is 112 Å². The molecule has 4 saturated heterocycles. The quantitative estimate of drug-likeness (QED) is 0.158. The largest absolute Gasteiger partial charge is 0.507 e. The van der Waals surface area contributed by atoms with Gasteiger partial charge < -0.3 is 29.9 Å². The molecule has 5 aromatic rings. The number of nitrogen functional groups attached to an aromatic ring is 1. The lowest BCUT2D eigenvalue weighted by atomic mass is 9.93. The molecule has 0 spiro atoms. The molecule has 2 atom stereocenters. The van der Waals surface area contributed by atoms with Crippen molar-refractivity contribution < 1.29 is 33.0 Å². The standard InChI is InChI=1S/C46H51F2N9O5/c1-28-22-31(10-11-32(28)40-26-55(20-21-62-40)38-24-35(51-52-43(38)49)33-6-3-4-9-39(33)58)44(60)54-17-12-30(13-18-54)25-53-16-14-41(46(47,48)27-53)57-29(2)23-34-36(7-5-8-37(34)57)56-19-15-42(59)50-45(56)61/h3-11,22-24,30,40-41,58H,12-21,25-27H2,1-2H3,(H2,49,52)(H,50,59,61). The lowest BCUT2D eigenvalue weighted by Crippen LogP contribution is -2.51. The Labute approximate surface area is 358 Å². The summed E-state index contributed by atoms with van der Waals surface area (Å²) in [7, 11) is 0. The van der Waals surface area contributed by atoms with Gasteiger partial charge in [-0.2, -0.15) is 0 Å². The maximum Gasteiger partial charge on any atom is 0.328 e. The molecule has 16 heteroatoms. The van der Waals surface area contributed by atoms with E-state index in [4.69, 9.17) is 10.5 Å². The van der Waals surface area contributed by atoms with Gasteiger partial charge in [0.2, 0.25) is 5.91 Å². The van der Waals surface area contributed by atoms with Crippen molar-refractivity contribution in [1.82, 2.24) is 29.9 Å². The van der Waals surface area contributed by atoms with Gasteiger partial charge in [-0.1, -0.05) is 24.3 Å². The highest BCUT2D eigenvalue weighted by atomic mass is 19.3. The van der Waals surface area contributed by atoms with Crippen molar-refractivity contribution in [3.63, 3.8) is 0 Å². The van der Waals surface area contributed by atoms with E-state index in [0.29, 0.717) is 90.7 Å². The van der Waals surface area contributed by atoms with Gasteiger partial charge in [0.05, 0.1) is 35.7 Å². The number of fused-ring (bicyclic) bond motifs is 1. The summed E-state index contributed by atoms with van der Waals surface area (Å²) in [4.78, 5) is 45.5. The van der Waals surface area contributed by atoms with E-state index in [1.807, 2.05) is 66.1 Å². The number of piperidine rings is 2. The second-order valence-electron chi connectivity index (χ2n) is 17.1. The first-order valence-corrected chi connectivity index (χ1v) is 21.3. The van der Waals surface area contributed by atoms with Crippen LogP contribution < -0.4 is 20.9 Å². The molecular weight excluding hydrogens is 797 g/mol. The molecule has 2 unspecified atom stereocenters. The number of imide groups is 1. The zero-order valence-corrected chi connectivity index (χ0v) is 34.9. The summed E-state index contributed by atoms with van der Waals surface area (Å²) in [5.74, 6) is -2.79. The normalized spacial score (nSPS) is 21.4. The van der Waals surface area contributed by atoms with Crippen LogP contribution in [0.5, 0.6) is 5.75 Å². The third-order valence-electron chi connectivity index (χ3n) is 13.0. The fourth-order valence-corrected chi connectivity index (χ4v) is 9.84. The van der Waals surface area contributed by atoms with E-state index in [1.165, 1.54) is 4.90 Å². The molecule has 0 radical (unpaired) electrons. The Morgan fingerprint density at radius 3 is 2.50 bits per heavy atom. The van der Waals surface area contributed by atoms with Gasteiger partial charge >= 0.3 is 6.03 Å². The third-order valence-corrected chi connectivity index (χ3v) is 13.0. The second-order valence-corrected chi connectivity index (χ2v) is 17.1. The monoisotopic (exact) mass is 847 g/mol. The molecule has 14 nitrogen and oxygen atoms in total. The van der Waals surface area contributed by atoms with Crippen LogP contribution in [0.4, 0.5) is 30.8 Å². The number of likely N-dealkylation sites (tertiary alicyclic amines) is 2. The van der Waals surface area contributed by atoms with Crippen LogP contribution in [-0.2, 0) is 9.53 Å². The number of aryl methyl sites for hydroxylation is 2. The number of ether oxygens (including phenoxy) is 1. The number of amides is 4. The first kappa shape index (κ1) is 41.2. The number of hydrogen-bond acceptors (Lipinski definition) is 10. The van der Waals surface area contributed by atoms with Gasteiger partial charge in [-0.05, 0) is 98.7 Å². The Morgan fingerprint density at radius 2 is 1.74 bits per heavy atom. The molecule has 324 valence electrons. The number of phenolic OH excluding ortho intramolecular Hbond substituents is 1. The number of carbonyl (C=O) groups is 3. The Balaban J connectivity index is 0.799. The highest BCUT2D eigenvalue weighted by Gasteiger charge is 2.47. The minimum Gasteiger partial charge on any atom is -0.507 e. The average Bonchev–Trinajstić information content (AvgIpc) is 3.59. The smallest absolute Gasteiger partial charge is 0.328 e. The van der Waals surface area contributed by atoms with E-state index in [-0.39, 0.29) is 61.3 Å². The van der Waals surface area contributed by atoms with E-state index in [0.717, 1.165) is 24.0 Å². The molecule has 4 N–H and O–H groups in total. The average molecular weight is 848 g/mol. The van der Waals surface area contributed by atoms with E-state index in [1.54, 1.807) is 34.9 Å². The lowest BCUT2D eigenvalue weighted by Gasteiger charge is -2.42. The lowest BCUT2D eigenvalue weighted by molar-refractivity contribution is -0.120. The van der Waals surface area contributed by atoms with Gasteiger partial charge in [0.25, 0.3) is 11.8 Å². The zero-order valence-electron chi connectivity index (χ0n) is 34.9. The zero-order chi connectivity index (χ0) is 43.3. The molecule has 2 aromatic heterocycles. The van der Waals surface area contributed by atoms with Crippen LogP contribution in [0.1, 0.15) is 65.0 Å². The van der Waals surface area contributed by atoms with Crippen molar-refractivity contribution >= 4 is 45.9 Å². The van der Waals surface area contributed by atoms with Crippen LogP contribution >= 0.6 is 0 Å². The summed E-state index contributed by atoms with van der Waals surface area (Å²) in [6.45, 7) is 7.43. The number of hydrogen-bond donors (Lipinski definition) is 3. The van der Waals surface area contributed by atoms with Crippen molar-refractivity contribution in [2.24, 2.45) is 5.92 Å². The number of urea groups is 1. The molecule has 4 aliphatic heterocycles. The number of aromatic hydroxyl groups is 1. The first-order valence-electron chi connectivity index (χ1n) is 21.3. The SMILES string of the molecule is Cc1cc(C(=O)N2CCC(CN3CCC(n4c(C)cc5c(N6CCC(=O)NC6=O)cccc54)C(F)(F)C3)CC2)ccc1C1CN(c2cc(-c3ccccc3O)nnc2N)CCO1. The Bertz CT molecular complexity index is 2540. The van der Waals surface area contributed by atoms with Gasteiger partial charge in [-0.25, -0.2) is 13.6 Å². The summed E-state index contributed by atoms with van der Waals surface area (Å²) in [5.41, 5.74) is 12.5. The molecule has 62 heavy (non-hydrogen) atoms. The van der Waals surface area contributed by atoms with Crippen molar-refractivity contribution in [2.45, 2.75) is 57.6 Å². The summed E-state index contributed by atoms with van der Waals surface area (Å²) >= 11 is 0. The maximum absolute atomic E-state index is 16.2. The fourth-order valence-electron chi connectivity index (χ4n) is 9.84. The molecule has 4 amide bonds. The number of alkyl halides is 2. The van der Waals surface area contributed by atoms with E-state index in [9.17, 15) is 19.5 Å². The minimum absolute atomic E-state index is 0.0455. The van der Waals surface area contributed by atoms with Crippen molar-refractivity contribution in [1.29, 1.82) is 0 Å². The number of nitrogens with zero attached hydrogens (tertiary/aromatic N) is 7. The van der Waals surface area contributed by atoms with Crippen molar-refractivity contribution in [3.8, 4) is 17.0 Å². The van der Waals surface area contributed by atoms with E-state index in [2.05, 4.69) is 20.4 Å². The fraction of sp³-hybridized carbons (Fsp3) is 0.413. The van der Waals surface area contributed by atoms with Gasteiger partial charge in [0.15, 0.2) is 5.82 Å². The Kier molecular flexibility index (Phi) is 11.1. The number of rotatable bonds is 8. The number of nitrogens with one attached hydrogen (secondary N) is 1. The second kappa shape index (κ2) is 16.6. The number of carbonyl (C=O) groups excluding carboxylic acids is 3. The van der Waals surface area contributed by atoms with Crippen LogP contribution in [0.25, 0.3) is 22.2 Å². The molecule has 0 saturated carbocycles. The minimum atomic E-state index is -3.00. The summed E-state index contributed by atoms with van der Waals surface area (Å²) in [5, 5.41) is 21.9. The molecule has 4 aliphatic rings. The number of para-hydroxylation sites is 1. The van der Waals surface area contributed by atoms with E-state index >= 15 is 8.78 Å². The number of morpholine rings is 1. The number of nitrogens with two attached hydrogens (primary N) is 1. The molecule has 0 bridgehead atoms. The number of benzene rings is 3. The third kappa shape index (κ3) is 7.92. The molecule has 0 aliphatic carbocycles. The predicted molar refractivity (Wildman–Crippen MR) is 231 cm³/mol. The maximum atomic E-state index is 16.2. The first-order chi connectivity index (χ1) is 29.8. The Morgan fingerprint density at radius 1 is 0.935 bits per heavy atom. The number of halogens is 2. The van der Waals surface area contributed by atoms with Crippen LogP contribution in [0.3, 0.4) is 0 Å². The molecule has 3 aromatic carbocycles. The topological polar surface area (TPSA) is 162 Å². The number of aromatic nitrogens is 3. The van der Waals surface area contributed by atoms with Gasteiger partial charge in [-0.3, -0.25) is 24.7 Å². The van der Waals surface area contributed by atoms with Crippen LogP contribution in [0, 0.1) is 19.8 Å². The highest BCUT2D eigenvalue weighted by molar-refractivity contribution is 6.09. The summed E-state index contributed by atoms with van der Waals surface area (Å²) in [6, 6.07) is 20.2. The van der Waals surface area contributed by atoms with Gasteiger partial charge in [0, 0.05) is 74.4 Å². The summed E-state index contributed by atoms with van der Waals surface area (Å²) in [6.07, 6.45) is 1.64. The number of phenols is 1. The molecule has 9 rings (SSSR count). The van der Waals surface area contributed by atoms with Crippen LogP contribution in [0.15, 0.2) is 72.8 Å². The van der Waals surface area contributed by atoms with Crippen molar-refractivity contribution in [2.75, 3.05) is 74.5 Å². The van der Waals surface area contributed by atoms with Crippen LogP contribution in [0.2, 0.25) is 0 Å². The Hall–Kier alpha value is -6.13. The number of anilines is 3. The van der Waals surface area contributed by atoms with Gasteiger partial charge in [0.1, 0.15) is 17.9 Å². The molecule has 4 fully saturated rings. The van der Waals surface area contributed by atoms with Crippen molar-refractivity contribution in [3.05, 3.63) is 95.2 Å².